The van der Waals surface area contributed by atoms with Crippen LogP contribution >= 0.6 is 0 Å². The van der Waals surface area contributed by atoms with Crippen molar-refractivity contribution in [1.29, 1.82) is 0 Å². The molecule has 0 aromatic heterocycles. The van der Waals surface area contributed by atoms with E-state index in [1.165, 1.54) is 31.2 Å². The fraction of sp³-hybridized carbons (Fsp3) is 0.250. The summed E-state index contributed by atoms with van der Waals surface area (Å²) in [5.41, 5.74) is 1.13. The van der Waals surface area contributed by atoms with Crippen LogP contribution in [0.15, 0.2) is 53.9 Å². The number of nitro groups is 1. The van der Waals surface area contributed by atoms with Gasteiger partial charge in [-0.1, -0.05) is 18.2 Å². The van der Waals surface area contributed by atoms with E-state index in [9.17, 15) is 23.3 Å². The largest absolute Gasteiger partial charge is 0.462 e. The van der Waals surface area contributed by atoms with Crippen molar-refractivity contribution in [2.75, 3.05) is 17.5 Å². The Balaban J connectivity index is 2.63. The molecule has 0 spiro atoms. The number of nitrogens with zero attached hydrogens (tertiary/aromatic N) is 2. The van der Waals surface area contributed by atoms with Crippen LogP contribution < -0.4 is 4.31 Å². The van der Waals surface area contributed by atoms with Crippen LogP contribution in [0.3, 0.4) is 0 Å². The van der Waals surface area contributed by atoms with E-state index in [0.29, 0.717) is 11.1 Å². The number of aryl methyl sites for hydroxylation is 2. The minimum Gasteiger partial charge on any atom is -0.462 e. The molecule has 9 heteroatoms. The van der Waals surface area contributed by atoms with E-state index in [1.54, 1.807) is 26.0 Å². The zero-order valence-corrected chi connectivity index (χ0v) is 17.2. The Morgan fingerprint density at radius 2 is 1.86 bits per heavy atom. The lowest BCUT2D eigenvalue weighted by molar-refractivity contribution is -0.385. The lowest BCUT2D eigenvalue weighted by Crippen LogP contribution is -2.32. The van der Waals surface area contributed by atoms with Crippen molar-refractivity contribution in [1.82, 2.24) is 0 Å². The van der Waals surface area contributed by atoms with Crippen LogP contribution in [0.2, 0.25) is 0 Å². The zero-order chi connectivity index (χ0) is 21.8. The fourth-order valence-electron chi connectivity index (χ4n) is 2.74. The van der Waals surface area contributed by atoms with Crippen LogP contribution in [0.5, 0.6) is 0 Å². The van der Waals surface area contributed by atoms with Crippen LogP contribution in [0.4, 0.5) is 11.4 Å². The Morgan fingerprint density at radius 1 is 1.21 bits per heavy atom. The number of sulfonamides is 1. The molecule has 0 aliphatic carbocycles. The predicted molar refractivity (Wildman–Crippen MR) is 110 cm³/mol. The molecule has 0 aliphatic heterocycles. The Bertz CT molecular complexity index is 1060. The Kier molecular flexibility index (Phi) is 6.76. The third-order valence-electron chi connectivity index (χ3n) is 4.25. The van der Waals surface area contributed by atoms with E-state index in [4.69, 9.17) is 4.74 Å². The monoisotopic (exact) mass is 418 g/mol. The van der Waals surface area contributed by atoms with Crippen LogP contribution in [-0.4, -0.2) is 32.5 Å². The highest BCUT2D eigenvalue weighted by Gasteiger charge is 2.28. The quantitative estimate of drug-likeness (QED) is 0.280. The maximum absolute atomic E-state index is 13.3. The van der Waals surface area contributed by atoms with E-state index in [0.717, 1.165) is 10.4 Å². The van der Waals surface area contributed by atoms with Gasteiger partial charge in [0.2, 0.25) is 0 Å². The molecule has 0 saturated heterocycles. The number of hydrogen-bond acceptors (Lipinski definition) is 6. The summed E-state index contributed by atoms with van der Waals surface area (Å²) >= 11 is 0. The molecule has 0 fully saturated rings. The number of benzene rings is 2. The summed E-state index contributed by atoms with van der Waals surface area (Å²) in [4.78, 5) is 22.5. The Labute approximate surface area is 169 Å². The third kappa shape index (κ3) is 4.62. The first-order valence-electron chi connectivity index (χ1n) is 8.80. The molecule has 0 amide bonds. The zero-order valence-electron chi connectivity index (χ0n) is 16.4. The molecule has 0 heterocycles. The summed E-state index contributed by atoms with van der Waals surface area (Å²) in [5.74, 6) is -0.573. The lowest BCUT2D eigenvalue weighted by Gasteiger charge is -2.25. The molecule has 0 aliphatic rings. The van der Waals surface area contributed by atoms with Gasteiger partial charge in [-0.3, -0.25) is 14.4 Å². The first-order valence-corrected chi connectivity index (χ1v) is 10.2. The second-order valence-electron chi connectivity index (χ2n) is 6.25. The topological polar surface area (TPSA) is 107 Å². The number of esters is 1. The van der Waals surface area contributed by atoms with E-state index in [1.807, 2.05) is 0 Å². The predicted octanol–water partition coefficient (Wildman–Crippen LogP) is 3.77. The van der Waals surface area contributed by atoms with Gasteiger partial charge in [0.05, 0.1) is 34.2 Å². The van der Waals surface area contributed by atoms with E-state index in [-0.39, 0.29) is 35.0 Å². The molecule has 0 radical (unpaired) electrons. The summed E-state index contributed by atoms with van der Waals surface area (Å²) in [7, 11) is -4.16. The molecule has 2 aromatic rings. The van der Waals surface area contributed by atoms with Gasteiger partial charge in [-0.25, -0.2) is 13.2 Å². The average molecular weight is 418 g/mol. The van der Waals surface area contributed by atoms with Crippen LogP contribution in [0.1, 0.15) is 28.4 Å². The van der Waals surface area contributed by atoms with Crippen LogP contribution in [-0.2, 0) is 14.8 Å². The Morgan fingerprint density at radius 3 is 2.45 bits per heavy atom. The fourth-order valence-corrected chi connectivity index (χ4v) is 4.25. The van der Waals surface area contributed by atoms with Gasteiger partial charge in [0.1, 0.15) is 0 Å². The van der Waals surface area contributed by atoms with Gasteiger partial charge in [0.15, 0.2) is 0 Å². The molecule has 8 nitrogen and oxygen atoms in total. The summed E-state index contributed by atoms with van der Waals surface area (Å²) in [5, 5.41) is 11.2. The number of hydrogen-bond donors (Lipinski definition) is 0. The summed E-state index contributed by atoms with van der Waals surface area (Å²) in [6, 6.07) is 8.33. The maximum Gasteiger partial charge on any atom is 0.338 e. The smallest absolute Gasteiger partial charge is 0.338 e. The van der Waals surface area contributed by atoms with Crippen molar-refractivity contribution >= 4 is 27.4 Å². The highest BCUT2D eigenvalue weighted by atomic mass is 32.2. The summed E-state index contributed by atoms with van der Waals surface area (Å²) in [6.07, 6.45) is 1.40. The number of ether oxygens (including phenoxy) is 1. The van der Waals surface area contributed by atoms with Gasteiger partial charge in [0, 0.05) is 11.6 Å². The van der Waals surface area contributed by atoms with Crippen LogP contribution in [0, 0.1) is 24.0 Å². The van der Waals surface area contributed by atoms with Crippen molar-refractivity contribution in [3.8, 4) is 0 Å². The number of rotatable bonds is 8. The van der Waals surface area contributed by atoms with Gasteiger partial charge in [0.25, 0.3) is 15.7 Å². The number of anilines is 1. The molecular formula is C20H22N2O6S. The van der Waals surface area contributed by atoms with Crippen LogP contribution in [0.25, 0.3) is 0 Å². The molecule has 2 rings (SSSR count). The molecule has 154 valence electrons. The van der Waals surface area contributed by atoms with Gasteiger partial charge in [-0.2, -0.15) is 0 Å². The van der Waals surface area contributed by atoms with Gasteiger partial charge in [-0.05, 0) is 44.5 Å². The van der Waals surface area contributed by atoms with Crippen molar-refractivity contribution < 1.29 is 22.9 Å². The van der Waals surface area contributed by atoms with Gasteiger partial charge in [-0.15, -0.1) is 6.58 Å². The van der Waals surface area contributed by atoms with Crippen molar-refractivity contribution in [3.05, 3.63) is 75.9 Å². The highest BCUT2D eigenvalue weighted by molar-refractivity contribution is 7.92. The number of carbonyl (C=O) groups is 1. The molecule has 29 heavy (non-hydrogen) atoms. The molecule has 0 bridgehead atoms. The number of carbonyl (C=O) groups excluding carboxylic acids is 1. The van der Waals surface area contributed by atoms with Crippen molar-refractivity contribution in [3.63, 3.8) is 0 Å². The average Bonchev–Trinajstić information content (AvgIpc) is 2.66. The molecule has 0 atom stereocenters. The molecule has 2 aromatic carbocycles. The standard InChI is InChI=1S/C20H22N2O6S/c1-5-11-21(18-12-16(9-7-14(18)3)20(23)28-6-2)29(26,27)17-10-8-15(4)19(13-17)22(24)25/h5,7-10,12-13H,1,6,11H2,2-4H3. The molecule has 0 unspecified atom stereocenters. The summed E-state index contributed by atoms with van der Waals surface area (Å²) in [6.45, 7) is 8.61. The first-order chi connectivity index (χ1) is 13.6. The number of nitro benzene ring substituents is 1. The summed E-state index contributed by atoms with van der Waals surface area (Å²) < 4.78 is 32.7. The molecular weight excluding hydrogens is 396 g/mol. The lowest BCUT2D eigenvalue weighted by atomic mass is 10.1. The van der Waals surface area contributed by atoms with Gasteiger partial charge < -0.3 is 4.74 Å². The maximum atomic E-state index is 13.3. The van der Waals surface area contributed by atoms with E-state index < -0.39 is 20.9 Å². The normalized spacial score (nSPS) is 11.0. The minimum absolute atomic E-state index is 0.0862. The second kappa shape index (κ2) is 8.87. The van der Waals surface area contributed by atoms with Gasteiger partial charge >= 0.3 is 5.97 Å². The Hall–Kier alpha value is -3.20. The third-order valence-corrected chi connectivity index (χ3v) is 6.02. The van der Waals surface area contributed by atoms with E-state index in [2.05, 4.69) is 6.58 Å². The highest BCUT2D eigenvalue weighted by Crippen LogP contribution is 2.30. The van der Waals surface area contributed by atoms with E-state index >= 15 is 0 Å². The minimum atomic E-state index is -4.16. The molecule has 0 saturated carbocycles. The van der Waals surface area contributed by atoms with Crippen molar-refractivity contribution in [2.24, 2.45) is 0 Å². The first kappa shape index (κ1) is 22.1. The SMILES string of the molecule is C=CCN(c1cc(C(=O)OCC)ccc1C)S(=O)(=O)c1ccc(C)c([N+](=O)[O-])c1. The van der Waals surface area contributed by atoms with Crippen molar-refractivity contribution in [2.45, 2.75) is 25.7 Å². The second-order valence-corrected chi connectivity index (χ2v) is 8.11. The molecule has 0 N–H and O–H groups in total.